The first kappa shape index (κ1) is 29.5. The van der Waals surface area contributed by atoms with Crippen molar-refractivity contribution in [2.75, 3.05) is 18.9 Å². The number of rotatable bonds is 10. The summed E-state index contributed by atoms with van der Waals surface area (Å²) in [4.78, 5) is 47.6. The molecule has 0 saturated carbocycles. The first-order valence-corrected chi connectivity index (χ1v) is 13.2. The van der Waals surface area contributed by atoms with E-state index in [1.165, 1.54) is 0 Å². The molecule has 0 radical (unpaired) electrons. The number of amides is 3. The highest BCUT2D eigenvalue weighted by Crippen LogP contribution is 2.21. The Hall–Kier alpha value is -2.74. The van der Waals surface area contributed by atoms with Crippen LogP contribution in [-0.2, 0) is 14.4 Å². The lowest BCUT2D eigenvalue weighted by Crippen LogP contribution is -2.58. The molecule has 200 valence electrons. The Kier molecular flexibility index (Phi) is 11.1. The van der Waals surface area contributed by atoms with E-state index in [9.17, 15) is 14.4 Å². The number of nitrogens with one attached hydrogen (secondary N) is 2. The summed E-state index contributed by atoms with van der Waals surface area (Å²) in [5.74, 6) is -0.461. The van der Waals surface area contributed by atoms with E-state index in [0.717, 1.165) is 25.8 Å². The Balaban J connectivity index is 2.17. The summed E-state index contributed by atoms with van der Waals surface area (Å²) in [6, 6.07) is 2.57. The summed E-state index contributed by atoms with van der Waals surface area (Å²) < 4.78 is 0. The predicted octanol–water partition coefficient (Wildman–Crippen LogP) is 3.85. The van der Waals surface area contributed by atoms with Gasteiger partial charge in [-0.2, -0.15) is 0 Å². The zero-order chi connectivity index (χ0) is 27.0. The van der Waals surface area contributed by atoms with E-state index in [1.54, 1.807) is 43.4 Å². The van der Waals surface area contributed by atoms with Gasteiger partial charge in [0.1, 0.15) is 6.04 Å². The lowest BCUT2D eigenvalue weighted by molar-refractivity contribution is -0.140. The van der Waals surface area contributed by atoms with E-state index >= 15 is 0 Å². The standard InChI is InChI=1S/C28H45N5O3/c1-18(2)24(17-21(7)26(34)30-22-12-14-29-15-13-22)32(8)28(36)25(19(3)4)31-27(35)23-11-9-10-16-33(23)20(5)6/h12-15,17-20,23-25H,9-11,16H2,1-8H3,(H,31,35)(H,29,30,34)/b21-17+/t23?,24-,25?/m1/s1. The molecule has 0 bridgehead atoms. The quantitative estimate of drug-likeness (QED) is 0.477. The molecular weight excluding hydrogens is 454 g/mol. The van der Waals surface area contributed by atoms with Crippen molar-refractivity contribution in [3.05, 3.63) is 36.2 Å². The maximum atomic E-state index is 13.7. The molecule has 2 heterocycles. The Morgan fingerprint density at radius 3 is 2.25 bits per heavy atom. The Bertz CT molecular complexity index is 913. The van der Waals surface area contributed by atoms with Crippen LogP contribution in [0.3, 0.4) is 0 Å². The van der Waals surface area contributed by atoms with Crippen LogP contribution in [0, 0.1) is 11.8 Å². The molecule has 1 aliphatic rings. The molecule has 1 aromatic rings. The maximum absolute atomic E-state index is 13.7. The molecule has 2 unspecified atom stereocenters. The smallest absolute Gasteiger partial charge is 0.251 e. The summed E-state index contributed by atoms with van der Waals surface area (Å²) in [5.41, 5.74) is 1.18. The number of likely N-dealkylation sites (tertiary alicyclic amines) is 1. The van der Waals surface area contributed by atoms with Gasteiger partial charge in [0, 0.05) is 36.7 Å². The third kappa shape index (κ3) is 7.88. The Morgan fingerprint density at radius 1 is 1.06 bits per heavy atom. The first-order valence-electron chi connectivity index (χ1n) is 13.2. The summed E-state index contributed by atoms with van der Waals surface area (Å²) in [6.45, 7) is 14.8. The zero-order valence-electron chi connectivity index (χ0n) is 23.2. The highest BCUT2D eigenvalue weighted by molar-refractivity contribution is 6.03. The van der Waals surface area contributed by atoms with Crippen LogP contribution in [-0.4, -0.2) is 70.3 Å². The number of carbonyl (C=O) groups excluding carboxylic acids is 3. The fourth-order valence-corrected chi connectivity index (χ4v) is 4.73. The number of nitrogens with zero attached hydrogens (tertiary/aromatic N) is 3. The lowest BCUT2D eigenvalue weighted by atomic mass is 9.95. The molecule has 0 aromatic carbocycles. The van der Waals surface area contributed by atoms with Gasteiger partial charge in [-0.1, -0.05) is 40.2 Å². The SMILES string of the molecule is C/C(=C\[C@H](C(C)C)N(C)C(=O)C(NC(=O)C1CCCCN1C(C)C)C(C)C)C(=O)Nc1ccncc1. The summed E-state index contributed by atoms with van der Waals surface area (Å²) >= 11 is 0. The topological polar surface area (TPSA) is 94.6 Å². The Labute approximate surface area is 216 Å². The zero-order valence-corrected chi connectivity index (χ0v) is 23.2. The number of pyridine rings is 1. The van der Waals surface area contributed by atoms with Gasteiger partial charge >= 0.3 is 0 Å². The molecular formula is C28H45N5O3. The molecule has 0 spiro atoms. The van der Waals surface area contributed by atoms with E-state index in [-0.39, 0.29) is 47.7 Å². The van der Waals surface area contributed by atoms with Gasteiger partial charge < -0.3 is 15.5 Å². The van der Waals surface area contributed by atoms with Crippen molar-refractivity contribution in [1.82, 2.24) is 20.1 Å². The van der Waals surface area contributed by atoms with Gasteiger partial charge in [0.25, 0.3) is 5.91 Å². The number of piperidine rings is 1. The Morgan fingerprint density at radius 2 is 1.69 bits per heavy atom. The van der Waals surface area contributed by atoms with Crippen LogP contribution in [0.1, 0.15) is 67.7 Å². The second-order valence-corrected chi connectivity index (χ2v) is 10.8. The highest BCUT2D eigenvalue weighted by atomic mass is 16.2. The summed E-state index contributed by atoms with van der Waals surface area (Å²) in [6.07, 6.45) is 7.98. The number of hydrogen-bond donors (Lipinski definition) is 2. The van der Waals surface area contributed by atoms with Gasteiger partial charge in [0.2, 0.25) is 11.8 Å². The molecule has 2 N–H and O–H groups in total. The molecule has 8 heteroatoms. The van der Waals surface area contributed by atoms with Crippen LogP contribution in [0.15, 0.2) is 36.2 Å². The third-order valence-electron chi connectivity index (χ3n) is 6.94. The van der Waals surface area contributed by atoms with Crippen LogP contribution >= 0.6 is 0 Å². The molecule has 3 atom stereocenters. The van der Waals surface area contributed by atoms with Gasteiger partial charge in [-0.05, 0) is 64.1 Å². The van der Waals surface area contributed by atoms with Gasteiger partial charge in [-0.15, -0.1) is 0 Å². The molecule has 36 heavy (non-hydrogen) atoms. The third-order valence-corrected chi connectivity index (χ3v) is 6.94. The number of likely N-dealkylation sites (N-methyl/N-ethyl adjacent to an activating group) is 1. The van der Waals surface area contributed by atoms with Crippen molar-refractivity contribution >= 4 is 23.4 Å². The first-order chi connectivity index (χ1) is 16.9. The van der Waals surface area contributed by atoms with Crippen molar-refractivity contribution in [2.45, 2.75) is 91.9 Å². The van der Waals surface area contributed by atoms with Crippen molar-refractivity contribution < 1.29 is 14.4 Å². The largest absolute Gasteiger partial charge is 0.343 e. The average molecular weight is 500 g/mol. The van der Waals surface area contributed by atoms with E-state index in [4.69, 9.17) is 0 Å². The van der Waals surface area contributed by atoms with E-state index in [2.05, 4.69) is 34.4 Å². The van der Waals surface area contributed by atoms with Crippen LogP contribution in [0.2, 0.25) is 0 Å². The van der Waals surface area contributed by atoms with Crippen LogP contribution in [0.5, 0.6) is 0 Å². The minimum atomic E-state index is -0.640. The summed E-state index contributed by atoms with van der Waals surface area (Å²) in [5, 5.41) is 5.93. The minimum Gasteiger partial charge on any atom is -0.343 e. The number of anilines is 1. The second kappa shape index (κ2) is 13.5. The fraction of sp³-hybridized carbons (Fsp3) is 0.643. The van der Waals surface area contributed by atoms with Crippen LogP contribution in [0.25, 0.3) is 0 Å². The molecule has 3 amide bonds. The molecule has 0 aliphatic carbocycles. The van der Waals surface area contributed by atoms with E-state index in [1.807, 2.05) is 33.8 Å². The monoisotopic (exact) mass is 499 g/mol. The summed E-state index contributed by atoms with van der Waals surface area (Å²) in [7, 11) is 1.75. The maximum Gasteiger partial charge on any atom is 0.251 e. The average Bonchev–Trinajstić information content (AvgIpc) is 2.84. The lowest BCUT2D eigenvalue weighted by Gasteiger charge is -2.39. The van der Waals surface area contributed by atoms with Crippen molar-refractivity contribution in [3.63, 3.8) is 0 Å². The predicted molar refractivity (Wildman–Crippen MR) is 144 cm³/mol. The van der Waals surface area contributed by atoms with Crippen molar-refractivity contribution in [2.24, 2.45) is 11.8 Å². The number of aromatic nitrogens is 1. The highest BCUT2D eigenvalue weighted by Gasteiger charge is 2.36. The minimum absolute atomic E-state index is 0.0703. The van der Waals surface area contributed by atoms with Gasteiger partial charge in [0.15, 0.2) is 0 Å². The van der Waals surface area contributed by atoms with E-state index < -0.39 is 6.04 Å². The number of carbonyl (C=O) groups is 3. The molecule has 1 aromatic heterocycles. The van der Waals surface area contributed by atoms with Crippen LogP contribution in [0.4, 0.5) is 5.69 Å². The molecule has 8 nitrogen and oxygen atoms in total. The van der Waals surface area contributed by atoms with E-state index in [0.29, 0.717) is 11.3 Å². The molecule has 1 saturated heterocycles. The second-order valence-electron chi connectivity index (χ2n) is 10.8. The van der Waals surface area contributed by atoms with Crippen LogP contribution < -0.4 is 10.6 Å². The van der Waals surface area contributed by atoms with Crippen molar-refractivity contribution in [1.29, 1.82) is 0 Å². The molecule has 1 fully saturated rings. The number of hydrogen-bond acceptors (Lipinski definition) is 5. The van der Waals surface area contributed by atoms with Gasteiger partial charge in [-0.3, -0.25) is 24.3 Å². The van der Waals surface area contributed by atoms with Gasteiger partial charge in [-0.25, -0.2) is 0 Å². The van der Waals surface area contributed by atoms with Crippen molar-refractivity contribution in [3.8, 4) is 0 Å². The van der Waals surface area contributed by atoms with Gasteiger partial charge in [0.05, 0.1) is 12.1 Å². The molecule has 2 rings (SSSR count). The molecule has 1 aliphatic heterocycles. The normalized spacial score (nSPS) is 18.8. The fourth-order valence-electron chi connectivity index (χ4n) is 4.73.